The lowest BCUT2D eigenvalue weighted by Crippen LogP contribution is -2.51. The zero-order valence-corrected chi connectivity index (χ0v) is 15.8. The normalized spacial score (nSPS) is 14.2. The zero-order valence-electron chi connectivity index (χ0n) is 14.3. The Hall–Kier alpha value is -2.31. The number of nitrogens with zero attached hydrogens (tertiary/aromatic N) is 2. The Morgan fingerprint density at radius 1 is 1.00 bits per heavy atom. The highest BCUT2D eigenvalue weighted by Gasteiger charge is 2.26. The van der Waals surface area contributed by atoms with Crippen LogP contribution in [0.25, 0.3) is 0 Å². The van der Waals surface area contributed by atoms with Gasteiger partial charge in [-0.1, -0.05) is 35.3 Å². The minimum absolute atomic E-state index is 0.0654. The van der Waals surface area contributed by atoms with E-state index < -0.39 is 11.7 Å². The van der Waals surface area contributed by atoms with Crippen molar-refractivity contribution in [2.24, 2.45) is 0 Å². The standard InChI is InChI=1S/C19H17Cl2FN2O3/c20-13-5-6-16(22)14(11-13)19(26)24-9-7-23(8-10-24)18(25)12-27-17-4-2-1-3-15(17)21/h1-6,11H,7-10,12H2. The second kappa shape index (κ2) is 8.59. The third-order valence-corrected chi connectivity index (χ3v) is 4.81. The SMILES string of the molecule is O=C(COc1ccccc1Cl)N1CCN(C(=O)c2cc(Cl)ccc2F)CC1. The molecule has 0 aromatic heterocycles. The topological polar surface area (TPSA) is 49.9 Å². The van der Waals surface area contributed by atoms with Gasteiger partial charge in [-0.05, 0) is 30.3 Å². The number of ether oxygens (including phenoxy) is 1. The van der Waals surface area contributed by atoms with Crippen molar-refractivity contribution in [3.63, 3.8) is 0 Å². The van der Waals surface area contributed by atoms with E-state index in [1.807, 2.05) is 0 Å². The highest BCUT2D eigenvalue weighted by molar-refractivity contribution is 6.32. The van der Waals surface area contributed by atoms with Crippen molar-refractivity contribution in [1.82, 2.24) is 9.80 Å². The van der Waals surface area contributed by atoms with Crippen LogP contribution in [0.1, 0.15) is 10.4 Å². The number of amides is 2. The first-order valence-electron chi connectivity index (χ1n) is 8.35. The van der Waals surface area contributed by atoms with Gasteiger partial charge in [0.15, 0.2) is 6.61 Å². The Morgan fingerprint density at radius 2 is 1.67 bits per heavy atom. The summed E-state index contributed by atoms with van der Waals surface area (Å²) in [6.07, 6.45) is 0. The molecule has 2 aromatic carbocycles. The predicted octanol–water partition coefficient (Wildman–Crippen LogP) is 3.50. The lowest BCUT2D eigenvalue weighted by Gasteiger charge is -2.34. The highest BCUT2D eigenvalue weighted by Crippen LogP contribution is 2.23. The van der Waals surface area contributed by atoms with Gasteiger partial charge in [0, 0.05) is 31.2 Å². The van der Waals surface area contributed by atoms with E-state index in [2.05, 4.69) is 0 Å². The number of para-hydroxylation sites is 1. The molecule has 0 radical (unpaired) electrons. The number of piperazine rings is 1. The average molecular weight is 411 g/mol. The fourth-order valence-electron chi connectivity index (χ4n) is 2.78. The van der Waals surface area contributed by atoms with E-state index in [9.17, 15) is 14.0 Å². The number of carbonyl (C=O) groups is 2. The van der Waals surface area contributed by atoms with Crippen molar-refractivity contribution < 1.29 is 18.7 Å². The van der Waals surface area contributed by atoms with Crippen LogP contribution < -0.4 is 4.74 Å². The van der Waals surface area contributed by atoms with Gasteiger partial charge in [-0.15, -0.1) is 0 Å². The molecule has 0 spiro atoms. The van der Waals surface area contributed by atoms with Crippen LogP contribution in [0.15, 0.2) is 42.5 Å². The summed E-state index contributed by atoms with van der Waals surface area (Å²) < 4.78 is 19.3. The van der Waals surface area contributed by atoms with Crippen LogP contribution in [0.2, 0.25) is 10.0 Å². The van der Waals surface area contributed by atoms with Crippen LogP contribution in [-0.2, 0) is 4.79 Å². The van der Waals surface area contributed by atoms with E-state index in [1.165, 1.54) is 23.1 Å². The molecule has 0 saturated carbocycles. The molecule has 5 nitrogen and oxygen atoms in total. The highest BCUT2D eigenvalue weighted by atomic mass is 35.5. The molecule has 1 saturated heterocycles. The largest absolute Gasteiger partial charge is 0.482 e. The molecule has 0 atom stereocenters. The van der Waals surface area contributed by atoms with E-state index >= 15 is 0 Å². The van der Waals surface area contributed by atoms with Crippen molar-refractivity contribution in [1.29, 1.82) is 0 Å². The van der Waals surface area contributed by atoms with E-state index in [0.29, 0.717) is 42.0 Å². The Balaban J connectivity index is 1.54. The summed E-state index contributed by atoms with van der Waals surface area (Å²) in [5.41, 5.74) is -0.0654. The summed E-state index contributed by atoms with van der Waals surface area (Å²) in [4.78, 5) is 27.9. The fourth-order valence-corrected chi connectivity index (χ4v) is 3.15. The average Bonchev–Trinajstić information content (AvgIpc) is 2.68. The van der Waals surface area contributed by atoms with Crippen molar-refractivity contribution in [3.05, 3.63) is 63.9 Å². The minimum atomic E-state index is -0.615. The van der Waals surface area contributed by atoms with Gasteiger partial charge < -0.3 is 14.5 Å². The minimum Gasteiger partial charge on any atom is -0.482 e. The summed E-state index contributed by atoms with van der Waals surface area (Å²) in [7, 11) is 0. The van der Waals surface area contributed by atoms with Gasteiger partial charge >= 0.3 is 0 Å². The van der Waals surface area contributed by atoms with E-state index in [4.69, 9.17) is 27.9 Å². The smallest absolute Gasteiger partial charge is 0.260 e. The van der Waals surface area contributed by atoms with Crippen molar-refractivity contribution in [3.8, 4) is 5.75 Å². The number of hydrogen-bond acceptors (Lipinski definition) is 3. The lowest BCUT2D eigenvalue weighted by atomic mass is 10.1. The van der Waals surface area contributed by atoms with Crippen LogP contribution >= 0.6 is 23.2 Å². The molecule has 3 rings (SSSR count). The molecule has 1 aliphatic rings. The second-order valence-corrected chi connectivity index (χ2v) is 6.86. The molecule has 0 aliphatic carbocycles. The van der Waals surface area contributed by atoms with E-state index in [-0.39, 0.29) is 18.1 Å². The molecular weight excluding hydrogens is 394 g/mol. The molecule has 0 unspecified atom stereocenters. The molecule has 1 heterocycles. The molecule has 1 aliphatic heterocycles. The molecule has 142 valence electrons. The molecule has 27 heavy (non-hydrogen) atoms. The summed E-state index contributed by atoms with van der Waals surface area (Å²) in [6.45, 7) is 1.17. The maximum Gasteiger partial charge on any atom is 0.260 e. The Labute approximate surface area is 166 Å². The second-order valence-electron chi connectivity index (χ2n) is 6.02. The van der Waals surface area contributed by atoms with E-state index in [0.717, 1.165) is 0 Å². The van der Waals surface area contributed by atoms with Gasteiger partial charge in [-0.2, -0.15) is 0 Å². The lowest BCUT2D eigenvalue weighted by molar-refractivity contribution is -0.134. The van der Waals surface area contributed by atoms with E-state index in [1.54, 1.807) is 29.2 Å². The summed E-state index contributed by atoms with van der Waals surface area (Å²) in [5, 5.41) is 0.731. The quantitative estimate of drug-likeness (QED) is 0.774. The third-order valence-electron chi connectivity index (χ3n) is 4.27. The molecule has 1 fully saturated rings. The van der Waals surface area contributed by atoms with Crippen molar-refractivity contribution >= 4 is 35.0 Å². The number of hydrogen-bond donors (Lipinski definition) is 0. The number of carbonyl (C=O) groups excluding carboxylic acids is 2. The van der Waals surface area contributed by atoms with Crippen molar-refractivity contribution in [2.75, 3.05) is 32.8 Å². The predicted molar refractivity (Wildman–Crippen MR) is 101 cm³/mol. The van der Waals surface area contributed by atoms with Crippen molar-refractivity contribution in [2.45, 2.75) is 0 Å². The molecule has 8 heteroatoms. The maximum absolute atomic E-state index is 13.9. The van der Waals surface area contributed by atoms with Crippen LogP contribution in [0.5, 0.6) is 5.75 Å². The van der Waals surface area contributed by atoms with Crippen LogP contribution in [0.4, 0.5) is 4.39 Å². The molecule has 2 aromatic rings. The van der Waals surface area contributed by atoms with Gasteiger partial charge in [0.1, 0.15) is 11.6 Å². The van der Waals surface area contributed by atoms with Gasteiger partial charge in [0.25, 0.3) is 11.8 Å². The fraction of sp³-hybridized carbons (Fsp3) is 0.263. The Bertz CT molecular complexity index is 855. The first kappa shape index (κ1) is 19.5. The molecular formula is C19H17Cl2FN2O3. The summed E-state index contributed by atoms with van der Waals surface area (Å²) in [5.74, 6) is -0.806. The number of benzene rings is 2. The first-order valence-corrected chi connectivity index (χ1v) is 9.10. The molecule has 2 amide bonds. The van der Waals surface area contributed by atoms with Gasteiger partial charge in [-0.25, -0.2) is 4.39 Å². The molecule has 0 N–H and O–H groups in total. The monoisotopic (exact) mass is 410 g/mol. The third kappa shape index (κ3) is 4.70. The number of halogens is 3. The zero-order chi connectivity index (χ0) is 19.4. The summed E-state index contributed by atoms with van der Waals surface area (Å²) in [6, 6.07) is 10.8. The van der Waals surface area contributed by atoms with Gasteiger partial charge in [0.05, 0.1) is 10.6 Å². The summed E-state index contributed by atoms with van der Waals surface area (Å²) >= 11 is 11.8. The maximum atomic E-state index is 13.9. The van der Waals surface area contributed by atoms with Crippen LogP contribution in [-0.4, -0.2) is 54.4 Å². The van der Waals surface area contributed by atoms with Crippen LogP contribution in [0, 0.1) is 5.82 Å². The Morgan fingerprint density at radius 3 is 2.37 bits per heavy atom. The van der Waals surface area contributed by atoms with Crippen LogP contribution in [0.3, 0.4) is 0 Å². The molecule has 0 bridgehead atoms. The Kier molecular flexibility index (Phi) is 6.19. The van der Waals surface area contributed by atoms with Gasteiger partial charge in [0.2, 0.25) is 0 Å². The first-order chi connectivity index (χ1) is 13.0. The van der Waals surface area contributed by atoms with Gasteiger partial charge in [-0.3, -0.25) is 9.59 Å². The number of rotatable bonds is 4.